The highest BCUT2D eigenvalue weighted by Crippen LogP contribution is 2.32. The van der Waals surface area contributed by atoms with Gasteiger partial charge in [-0.25, -0.2) is 8.42 Å². The Labute approximate surface area is 203 Å². The minimum absolute atomic E-state index is 0.00865. The molecule has 0 radical (unpaired) electrons. The lowest BCUT2D eigenvalue weighted by Crippen LogP contribution is -2.04. The average molecular weight is 499 g/mol. The van der Waals surface area contributed by atoms with Gasteiger partial charge in [-0.15, -0.1) is 0 Å². The highest BCUT2D eigenvalue weighted by Gasteiger charge is 2.21. The standard InChI is InChI=1S/C26H20Cl2O4S/c27-21-11-23(31-17-19-7-3-1-4-8-19)15-25(13-21)33(29,30)26-14-22(28)12-24(16-26)32-18-20-9-5-2-6-10-20/h1-16H,17-18H2. The van der Waals surface area contributed by atoms with Crippen molar-refractivity contribution in [3.63, 3.8) is 0 Å². The monoisotopic (exact) mass is 498 g/mol. The maximum absolute atomic E-state index is 13.4. The molecule has 0 heterocycles. The van der Waals surface area contributed by atoms with Gasteiger partial charge >= 0.3 is 0 Å². The van der Waals surface area contributed by atoms with Gasteiger partial charge < -0.3 is 9.47 Å². The highest BCUT2D eigenvalue weighted by atomic mass is 35.5. The van der Waals surface area contributed by atoms with Crippen LogP contribution in [0.1, 0.15) is 11.1 Å². The Morgan fingerprint density at radius 1 is 0.576 bits per heavy atom. The Kier molecular flexibility index (Phi) is 7.23. The third-order valence-corrected chi connectivity index (χ3v) is 6.96. The van der Waals surface area contributed by atoms with Crippen molar-refractivity contribution in [2.75, 3.05) is 0 Å². The first kappa shape index (κ1) is 23.2. The average Bonchev–Trinajstić information content (AvgIpc) is 2.82. The summed E-state index contributed by atoms with van der Waals surface area (Å²) in [6, 6.07) is 28.0. The van der Waals surface area contributed by atoms with Gasteiger partial charge in [0.2, 0.25) is 9.84 Å². The Hall–Kier alpha value is -2.99. The van der Waals surface area contributed by atoms with Gasteiger partial charge in [-0.2, -0.15) is 0 Å². The predicted octanol–water partition coefficient (Wildman–Crippen LogP) is 6.98. The van der Waals surface area contributed by atoms with Crippen molar-refractivity contribution in [2.45, 2.75) is 23.0 Å². The van der Waals surface area contributed by atoms with Crippen molar-refractivity contribution in [3.05, 3.63) is 118 Å². The zero-order valence-electron chi connectivity index (χ0n) is 17.4. The van der Waals surface area contributed by atoms with Gasteiger partial charge in [-0.1, -0.05) is 83.9 Å². The summed E-state index contributed by atoms with van der Waals surface area (Å²) in [5.41, 5.74) is 1.91. The van der Waals surface area contributed by atoms with Crippen LogP contribution < -0.4 is 9.47 Å². The van der Waals surface area contributed by atoms with Gasteiger partial charge in [0.1, 0.15) is 24.7 Å². The predicted molar refractivity (Wildman–Crippen MR) is 130 cm³/mol. The van der Waals surface area contributed by atoms with E-state index in [1.54, 1.807) is 12.1 Å². The van der Waals surface area contributed by atoms with Crippen molar-refractivity contribution in [1.82, 2.24) is 0 Å². The van der Waals surface area contributed by atoms with E-state index in [1.165, 1.54) is 24.3 Å². The van der Waals surface area contributed by atoms with E-state index in [2.05, 4.69) is 0 Å². The van der Waals surface area contributed by atoms with Crippen LogP contribution in [-0.4, -0.2) is 8.42 Å². The van der Waals surface area contributed by atoms with Crippen molar-refractivity contribution >= 4 is 33.0 Å². The second kappa shape index (κ2) is 10.3. The van der Waals surface area contributed by atoms with E-state index in [0.717, 1.165) is 11.1 Å². The molecule has 4 rings (SSSR count). The quantitative estimate of drug-likeness (QED) is 0.262. The number of benzene rings is 4. The Balaban J connectivity index is 1.58. The summed E-state index contributed by atoms with van der Waals surface area (Å²) in [7, 11) is -3.92. The van der Waals surface area contributed by atoms with E-state index in [1.807, 2.05) is 60.7 Å². The topological polar surface area (TPSA) is 52.6 Å². The number of sulfone groups is 1. The smallest absolute Gasteiger partial charge is 0.206 e. The molecule has 0 spiro atoms. The molecule has 0 unspecified atom stereocenters. The van der Waals surface area contributed by atoms with Crippen LogP contribution in [0.2, 0.25) is 10.0 Å². The van der Waals surface area contributed by atoms with Crippen molar-refractivity contribution in [1.29, 1.82) is 0 Å². The minimum Gasteiger partial charge on any atom is -0.489 e. The summed E-state index contributed by atoms with van der Waals surface area (Å²) in [4.78, 5) is 0.0173. The zero-order valence-corrected chi connectivity index (χ0v) is 19.8. The summed E-state index contributed by atoms with van der Waals surface area (Å²) >= 11 is 12.4. The summed E-state index contributed by atoms with van der Waals surface area (Å²) in [5.74, 6) is 0.708. The van der Waals surface area contributed by atoms with Gasteiger partial charge in [0, 0.05) is 10.0 Å². The van der Waals surface area contributed by atoms with Crippen LogP contribution in [0, 0.1) is 0 Å². The summed E-state index contributed by atoms with van der Waals surface area (Å²) < 4.78 is 38.3. The summed E-state index contributed by atoms with van der Waals surface area (Å²) in [6.45, 7) is 0.574. The molecule has 0 aliphatic heterocycles. The molecule has 0 saturated heterocycles. The SMILES string of the molecule is O=S(=O)(c1cc(Cl)cc(OCc2ccccc2)c1)c1cc(Cl)cc(OCc2ccccc2)c1. The number of rotatable bonds is 8. The summed E-state index contributed by atoms with van der Waals surface area (Å²) in [5, 5.41) is 0.503. The molecule has 0 fully saturated rings. The Morgan fingerprint density at radius 3 is 1.36 bits per heavy atom. The molecule has 0 aliphatic carbocycles. The largest absolute Gasteiger partial charge is 0.489 e. The first-order valence-electron chi connectivity index (χ1n) is 10.1. The van der Waals surface area contributed by atoms with E-state index < -0.39 is 9.84 Å². The molecule has 0 atom stereocenters. The Bertz CT molecular complexity index is 1240. The first-order valence-corrected chi connectivity index (χ1v) is 12.3. The summed E-state index contributed by atoms with van der Waals surface area (Å²) in [6.07, 6.45) is 0. The van der Waals surface area contributed by atoms with Crippen LogP contribution in [0.15, 0.2) is 107 Å². The van der Waals surface area contributed by atoms with Gasteiger partial charge in [0.15, 0.2) is 0 Å². The molecule has 168 valence electrons. The van der Waals surface area contributed by atoms with E-state index in [0.29, 0.717) is 11.5 Å². The van der Waals surface area contributed by atoms with E-state index >= 15 is 0 Å². The molecule has 0 bridgehead atoms. The van der Waals surface area contributed by atoms with Crippen molar-refractivity contribution < 1.29 is 17.9 Å². The van der Waals surface area contributed by atoms with Crippen LogP contribution in [0.4, 0.5) is 0 Å². The molecule has 33 heavy (non-hydrogen) atoms. The normalized spacial score (nSPS) is 11.2. The van der Waals surface area contributed by atoms with Crippen molar-refractivity contribution in [3.8, 4) is 11.5 Å². The lowest BCUT2D eigenvalue weighted by Gasteiger charge is -2.12. The fourth-order valence-electron chi connectivity index (χ4n) is 3.17. The van der Waals surface area contributed by atoms with Crippen LogP contribution >= 0.6 is 23.2 Å². The van der Waals surface area contributed by atoms with Gasteiger partial charge in [0.05, 0.1) is 9.79 Å². The molecule has 0 aromatic heterocycles. The number of ether oxygens (including phenoxy) is 2. The molecule has 0 aliphatic rings. The minimum atomic E-state index is -3.92. The zero-order chi connectivity index (χ0) is 23.3. The Morgan fingerprint density at radius 2 is 0.970 bits per heavy atom. The highest BCUT2D eigenvalue weighted by molar-refractivity contribution is 7.91. The van der Waals surface area contributed by atoms with Crippen LogP contribution in [0.5, 0.6) is 11.5 Å². The first-order chi connectivity index (χ1) is 15.9. The fourth-order valence-corrected chi connectivity index (χ4v) is 5.13. The molecule has 0 amide bonds. The lowest BCUT2D eigenvalue weighted by molar-refractivity contribution is 0.305. The molecular formula is C26H20Cl2O4S. The van der Waals surface area contributed by atoms with Crippen LogP contribution in [0.25, 0.3) is 0 Å². The fraction of sp³-hybridized carbons (Fsp3) is 0.0769. The van der Waals surface area contributed by atoms with E-state index in [-0.39, 0.29) is 33.0 Å². The third kappa shape index (κ3) is 6.08. The maximum Gasteiger partial charge on any atom is 0.206 e. The van der Waals surface area contributed by atoms with Crippen LogP contribution in [-0.2, 0) is 23.1 Å². The molecule has 0 saturated carbocycles. The second-order valence-electron chi connectivity index (χ2n) is 7.30. The van der Waals surface area contributed by atoms with Gasteiger partial charge in [0.25, 0.3) is 0 Å². The maximum atomic E-state index is 13.4. The molecule has 4 nitrogen and oxygen atoms in total. The van der Waals surface area contributed by atoms with Gasteiger partial charge in [-0.3, -0.25) is 0 Å². The van der Waals surface area contributed by atoms with Crippen LogP contribution in [0.3, 0.4) is 0 Å². The number of hydrogen-bond donors (Lipinski definition) is 0. The molecule has 0 N–H and O–H groups in total. The number of hydrogen-bond acceptors (Lipinski definition) is 4. The molecule has 7 heteroatoms. The van der Waals surface area contributed by atoms with E-state index in [4.69, 9.17) is 32.7 Å². The van der Waals surface area contributed by atoms with Crippen molar-refractivity contribution in [2.24, 2.45) is 0 Å². The molecular weight excluding hydrogens is 479 g/mol. The second-order valence-corrected chi connectivity index (χ2v) is 10.1. The van der Waals surface area contributed by atoms with E-state index in [9.17, 15) is 8.42 Å². The lowest BCUT2D eigenvalue weighted by atomic mass is 10.2. The molecule has 4 aromatic carbocycles. The third-order valence-electron chi connectivity index (χ3n) is 4.81. The molecule has 4 aromatic rings. The number of halogens is 2. The van der Waals surface area contributed by atoms with Gasteiger partial charge in [-0.05, 0) is 47.5 Å².